The maximum atomic E-state index is 9.57. The Morgan fingerprint density at radius 1 is 1.40 bits per heavy atom. The standard InChI is InChI=1S/C10H15NO3.ClH/c1-6(12)10(11)9-7(13)4-3-5-8(9)14-2;/h3-6,10,12-13H,11H2,1-2H3;1H/t6-,10-;/m1./s1. The van der Waals surface area contributed by atoms with Gasteiger partial charge in [-0.1, -0.05) is 6.07 Å². The average Bonchev–Trinajstić information content (AvgIpc) is 2.16. The van der Waals surface area contributed by atoms with E-state index in [0.717, 1.165) is 0 Å². The lowest BCUT2D eigenvalue weighted by Gasteiger charge is -2.19. The van der Waals surface area contributed by atoms with Gasteiger partial charge in [-0.2, -0.15) is 0 Å². The Morgan fingerprint density at radius 3 is 2.47 bits per heavy atom. The summed E-state index contributed by atoms with van der Waals surface area (Å²) in [4.78, 5) is 0. The Balaban J connectivity index is 0.00000196. The van der Waals surface area contributed by atoms with Gasteiger partial charge in [0.1, 0.15) is 11.5 Å². The van der Waals surface area contributed by atoms with E-state index in [4.69, 9.17) is 10.5 Å². The molecular formula is C10H16ClNO3. The highest BCUT2D eigenvalue weighted by atomic mass is 35.5. The van der Waals surface area contributed by atoms with Crippen molar-refractivity contribution in [3.63, 3.8) is 0 Å². The van der Waals surface area contributed by atoms with Crippen LogP contribution in [0.5, 0.6) is 11.5 Å². The largest absolute Gasteiger partial charge is 0.507 e. The molecule has 0 aromatic heterocycles. The molecule has 0 saturated heterocycles. The summed E-state index contributed by atoms with van der Waals surface area (Å²) in [6.07, 6.45) is -0.739. The van der Waals surface area contributed by atoms with Crippen molar-refractivity contribution < 1.29 is 14.9 Å². The highest BCUT2D eigenvalue weighted by Crippen LogP contribution is 2.33. The van der Waals surface area contributed by atoms with Crippen molar-refractivity contribution in [3.05, 3.63) is 23.8 Å². The first kappa shape index (κ1) is 14.0. The molecule has 0 heterocycles. The van der Waals surface area contributed by atoms with E-state index in [9.17, 15) is 10.2 Å². The van der Waals surface area contributed by atoms with E-state index in [0.29, 0.717) is 11.3 Å². The predicted molar refractivity (Wildman–Crippen MR) is 60.5 cm³/mol. The Morgan fingerprint density at radius 2 is 2.00 bits per heavy atom. The van der Waals surface area contributed by atoms with E-state index in [2.05, 4.69) is 0 Å². The second-order valence-electron chi connectivity index (χ2n) is 3.16. The van der Waals surface area contributed by atoms with Gasteiger partial charge in [0.2, 0.25) is 0 Å². The summed E-state index contributed by atoms with van der Waals surface area (Å²) < 4.78 is 5.05. The van der Waals surface area contributed by atoms with Crippen molar-refractivity contribution in [2.45, 2.75) is 19.1 Å². The summed E-state index contributed by atoms with van der Waals surface area (Å²) in [6.45, 7) is 1.57. The zero-order valence-electron chi connectivity index (χ0n) is 8.68. The summed E-state index contributed by atoms with van der Waals surface area (Å²) in [6, 6.07) is 4.22. The Kier molecular flexibility index (Phi) is 5.43. The van der Waals surface area contributed by atoms with Crippen LogP contribution in [0.3, 0.4) is 0 Å². The lowest BCUT2D eigenvalue weighted by Crippen LogP contribution is -2.23. The van der Waals surface area contributed by atoms with Gasteiger partial charge in [0.05, 0.1) is 24.8 Å². The van der Waals surface area contributed by atoms with Gasteiger partial charge in [-0.25, -0.2) is 0 Å². The van der Waals surface area contributed by atoms with Crippen molar-refractivity contribution in [1.29, 1.82) is 0 Å². The Labute approximate surface area is 95.1 Å². The number of nitrogens with two attached hydrogens (primary N) is 1. The molecule has 0 fully saturated rings. The number of ether oxygens (including phenoxy) is 1. The molecule has 0 bridgehead atoms. The summed E-state index contributed by atoms with van der Waals surface area (Å²) >= 11 is 0. The number of aliphatic hydroxyl groups excluding tert-OH is 1. The van der Waals surface area contributed by atoms with Gasteiger partial charge in [0, 0.05) is 0 Å². The number of hydrogen-bond acceptors (Lipinski definition) is 4. The van der Waals surface area contributed by atoms with Gasteiger partial charge in [0.15, 0.2) is 0 Å². The molecule has 0 amide bonds. The van der Waals surface area contributed by atoms with Gasteiger partial charge in [-0.15, -0.1) is 12.4 Å². The highest BCUT2D eigenvalue weighted by Gasteiger charge is 2.20. The molecule has 0 aliphatic carbocycles. The summed E-state index contributed by atoms with van der Waals surface area (Å²) in [5.74, 6) is 0.524. The second kappa shape index (κ2) is 5.80. The first-order valence-corrected chi connectivity index (χ1v) is 4.37. The number of phenols is 1. The van der Waals surface area contributed by atoms with E-state index in [1.54, 1.807) is 19.1 Å². The second-order valence-corrected chi connectivity index (χ2v) is 3.16. The fourth-order valence-corrected chi connectivity index (χ4v) is 1.29. The van der Waals surface area contributed by atoms with Crippen LogP contribution in [0.25, 0.3) is 0 Å². The number of methoxy groups -OCH3 is 1. The first-order chi connectivity index (χ1) is 6.57. The zero-order valence-corrected chi connectivity index (χ0v) is 9.49. The first-order valence-electron chi connectivity index (χ1n) is 4.37. The minimum absolute atomic E-state index is 0. The molecule has 4 nitrogen and oxygen atoms in total. The van der Waals surface area contributed by atoms with Crippen molar-refractivity contribution in [2.24, 2.45) is 5.73 Å². The smallest absolute Gasteiger partial charge is 0.127 e. The molecule has 0 spiro atoms. The van der Waals surface area contributed by atoms with E-state index in [1.165, 1.54) is 13.2 Å². The number of phenolic OH excluding ortho intramolecular Hbond substituents is 1. The monoisotopic (exact) mass is 233 g/mol. The minimum Gasteiger partial charge on any atom is -0.507 e. The van der Waals surface area contributed by atoms with Gasteiger partial charge in [0.25, 0.3) is 0 Å². The van der Waals surface area contributed by atoms with Crippen LogP contribution in [0.4, 0.5) is 0 Å². The van der Waals surface area contributed by atoms with Crippen molar-refractivity contribution >= 4 is 12.4 Å². The molecule has 4 N–H and O–H groups in total. The molecule has 0 aliphatic rings. The van der Waals surface area contributed by atoms with Gasteiger partial charge < -0.3 is 20.7 Å². The predicted octanol–water partition coefficient (Wildman–Crippen LogP) is 1.20. The van der Waals surface area contributed by atoms with Crippen LogP contribution in [0.2, 0.25) is 0 Å². The number of aliphatic hydroxyl groups is 1. The topological polar surface area (TPSA) is 75.7 Å². The van der Waals surface area contributed by atoms with Crippen LogP contribution in [-0.2, 0) is 0 Å². The maximum Gasteiger partial charge on any atom is 0.127 e. The number of hydrogen-bond donors (Lipinski definition) is 3. The molecule has 15 heavy (non-hydrogen) atoms. The molecule has 0 unspecified atom stereocenters. The van der Waals surface area contributed by atoms with Crippen LogP contribution in [0.1, 0.15) is 18.5 Å². The third-order valence-electron chi connectivity index (χ3n) is 2.12. The molecule has 1 aromatic carbocycles. The molecule has 0 radical (unpaired) electrons. The fraction of sp³-hybridized carbons (Fsp3) is 0.400. The molecule has 0 aliphatic heterocycles. The average molecular weight is 234 g/mol. The van der Waals surface area contributed by atoms with Crippen LogP contribution in [-0.4, -0.2) is 23.4 Å². The summed E-state index contributed by atoms with van der Waals surface area (Å²) in [5, 5.41) is 18.9. The molecule has 1 rings (SSSR count). The lowest BCUT2D eigenvalue weighted by molar-refractivity contribution is 0.161. The molecule has 86 valence electrons. The van der Waals surface area contributed by atoms with Crippen LogP contribution >= 0.6 is 12.4 Å². The number of benzene rings is 1. The summed E-state index contributed by atoms with van der Waals surface area (Å²) in [7, 11) is 1.49. The van der Waals surface area contributed by atoms with Crippen molar-refractivity contribution in [3.8, 4) is 11.5 Å². The van der Waals surface area contributed by atoms with Gasteiger partial charge in [-0.3, -0.25) is 0 Å². The SMILES string of the molecule is COc1cccc(O)c1[C@H](N)[C@@H](C)O.Cl. The van der Waals surface area contributed by atoms with E-state index in [-0.39, 0.29) is 18.2 Å². The quantitative estimate of drug-likeness (QED) is 0.734. The van der Waals surface area contributed by atoms with Gasteiger partial charge in [-0.05, 0) is 19.1 Å². The third kappa shape index (κ3) is 2.99. The van der Waals surface area contributed by atoms with Crippen LogP contribution < -0.4 is 10.5 Å². The Bertz CT molecular complexity index is 318. The van der Waals surface area contributed by atoms with E-state index < -0.39 is 12.1 Å². The van der Waals surface area contributed by atoms with Crippen molar-refractivity contribution in [2.75, 3.05) is 7.11 Å². The molecule has 0 saturated carbocycles. The summed E-state index contributed by atoms with van der Waals surface area (Å²) in [5.41, 5.74) is 6.16. The Hall–Kier alpha value is -0.970. The van der Waals surface area contributed by atoms with Crippen molar-refractivity contribution in [1.82, 2.24) is 0 Å². The molecular weight excluding hydrogens is 218 g/mol. The highest BCUT2D eigenvalue weighted by molar-refractivity contribution is 5.85. The minimum atomic E-state index is -0.739. The number of halogens is 1. The third-order valence-corrected chi connectivity index (χ3v) is 2.12. The normalized spacial score (nSPS) is 13.9. The zero-order chi connectivity index (χ0) is 10.7. The molecule has 1 aromatic rings. The molecule has 5 heteroatoms. The maximum absolute atomic E-state index is 9.57. The molecule has 2 atom stereocenters. The van der Waals surface area contributed by atoms with Crippen LogP contribution in [0.15, 0.2) is 18.2 Å². The van der Waals surface area contributed by atoms with Crippen LogP contribution in [0, 0.1) is 0 Å². The van der Waals surface area contributed by atoms with Gasteiger partial charge >= 0.3 is 0 Å². The van der Waals surface area contributed by atoms with E-state index in [1.807, 2.05) is 0 Å². The number of rotatable bonds is 3. The fourth-order valence-electron chi connectivity index (χ4n) is 1.29. The lowest BCUT2D eigenvalue weighted by atomic mass is 10.0. The van der Waals surface area contributed by atoms with E-state index >= 15 is 0 Å². The number of aromatic hydroxyl groups is 1.